The monoisotopic (exact) mass is 260 g/mol. The van der Waals surface area contributed by atoms with Crippen molar-refractivity contribution in [3.8, 4) is 0 Å². The summed E-state index contributed by atoms with van der Waals surface area (Å²) in [4.78, 5) is 25.3. The van der Waals surface area contributed by atoms with Crippen LogP contribution in [-0.2, 0) is 0 Å². The van der Waals surface area contributed by atoms with Crippen molar-refractivity contribution >= 4 is 11.8 Å². The third-order valence-corrected chi connectivity index (χ3v) is 3.56. The average Bonchev–Trinajstić information content (AvgIpc) is 2.38. The minimum atomic E-state index is -0.467. The topological polar surface area (TPSA) is 63.4 Å². The zero-order chi connectivity index (χ0) is 13.7. The van der Waals surface area contributed by atoms with Crippen LogP contribution in [0.2, 0.25) is 0 Å². The van der Waals surface area contributed by atoms with Crippen LogP contribution in [0.25, 0.3) is 0 Å². The number of nitrogens with two attached hydrogens (primary N) is 1. The first kappa shape index (κ1) is 13.6. The molecule has 1 aliphatic rings. The Kier molecular flexibility index (Phi) is 4.55. The molecule has 1 aliphatic heterocycles. The molecule has 0 radical (unpaired) electrons. The van der Waals surface area contributed by atoms with Gasteiger partial charge in [0.2, 0.25) is 5.91 Å². The highest BCUT2D eigenvalue weighted by molar-refractivity contribution is 5.97. The second-order valence-electron chi connectivity index (χ2n) is 5.00. The van der Waals surface area contributed by atoms with Gasteiger partial charge in [-0.05, 0) is 37.1 Å². The second kappa shape index (κ2) is 6.36. The van der Waals surface area contributed by atoms with Gasteiger partial charge in [0.05, 0.1) is 0 Å². The van der Waals surface area contributed by atoms with Crippen molar-refractivity contribution in [1.82, 2.24) is 4.90 Å². The standard InChI is InChI=1S/C15H20N2O2/c16-14(18)12-6-8-13(9-7-12)15(19)17-10-4-2-1-3-5-11-17/h6-9H,1-5,10-11H2,(H2,16,18). The number of hydrogen-bond acceptors (Lipinski definition) is 2. The van der Waals surface area contributed by atoms with Gasteiger partial charge in [-0.25, -0.2) is 0 Å². The Balaban J connectivity index is 2.06. The molecule has 2 N–H and O–H groups in total. The Morgan fingerprint density at radius 2 is 1.32 bits per heavy atom. The van der Waals surface area contributed by atoms with Crippen molar-refractivity contribution in [2.45, 2.75) is 32.1 Å². The van der Waals surface area contributed by atoms with Crippen LogP contribution < -0.4 is 5.73 Å². The molecule has 0 unspecified atom stereocenters. The number of benzene rings is 1. The number of rotatable bonds is 2. The molecule has 1 fully saturated rings. The smallest absolute Gasteiger partial charge is 0.253 e. The molecule has 0 aliphatic carbocycles. The quantitative estimate of drug-likeness (QED) is 0.886. The zero-order valence-corrected chi connectivity index (χ0v) is 11.1. The van der Waals surface area contributed by atoms with Crippen LogP contribution in [0, 0.1) is 0 Å². The van der Waals surface area contributed by atoms with Crippen LogP contribution in [0.3, 0.4) is 0 Å². The highest BCUT2D eigenvalue weighted by atomic mass is 16.2. The third kappa shape index (κ3) is 3.56. The lowest BCUT2D eigenvalue weighted by Crippen LogP contribution is -2.33. The highest BCUT2D eigenvalue weighted by Gasteiger charge is 2.16. The van der Waals surface area contributed by atoms with Gasteiger partial charge in [-0.15, -0.1) is 0 Å². The molecule has 1 saturated heterocycles. The molecule has 0 atom stereocenters. The number of hydrogen-bond donors (Lipinski definition) is 1. The SMILES string of the molecule is NC(=O)c1ccc(C(=O)N2CCCCCCC2)cc1. The van der Waals surface area contributed by atoms with Gasteiger partial charge in [0.25, 0.3) is 5.91 Å². The van der Waals surface area contributed by atoms with E-state index in [9.17, 15) is 9.59 Å². The molecule has 1 heterocycles. The maximum atomic E-state index is 12.4. The lowest BCUT2D eigenvalue weighted by molar-refractivity contribution is 0.0742. The maximum absolute atomic E-state index is 12.4. The summed E-state index contributed by atoms with van der Waals surface area (Å²) >= 11 is 0. The molecule has 0 bridgehead atoms. The summed E-state index contributed by atoms with van der Waals surface area (Å²) in [6.07, 6.45) is 5.82. The lowest BCUT2D eigenvalue weighted by Gasteiger charge is -2.24. The molecular weight excluding hydrogens is 240 g/mol. The van der Waals surface area contributed by atoms with Gasteiger partial charge in [-0.2, -0.15) is 0 Å². The fraction of sp³-hybridized carbons (Fsp3) is 0.467. The van der Waals surface area contributed by atoms with Gasteiger partial charge < -0.3 is 10.6 Å². The van der Waals surface area contributed by atoms with Crippen LogP contribution in [0.4, 0.5) is 0 Å². The van der Waals surface area contributed by atoms with E-state index in [1.165, 1.54) is 19.3 Å². The molecule has 102 valence electrons. The van der Waals surface area contributed by atoms with Crippen LogP contribution >= 0.6 is 0 Å². The minimum absolute atomic E-state index is 0.0536. The van der Waals surface area contributed by atoms with Crippen molar-refractivity contribution in [2.75, 3.05) is 13.1 Å². The summed E-state index contributed by atoms with van der Waals surface area (Å²) in [5.74, 6) is -0.414. The summed E-state index contributed by atoms with van der Waals surface area (Å²) in [5, 5.41) is 0. The molecule has 0 aromatic heterocycles. The predicted molar refractivity (Wildman–Crippen MR) is 73.9 cm³/mol. The Labute approximate surface area is 113 Å². The van der Waals surface area contributed by atoms with Gasteiger partial charge >= 0.3 is 0 Å². The first-order chi connectivity index (χ1) is 9.18. The van der Waals surface area contributed by atoms with Crippen molar-refractivity contribution < 1.29 is 9.59 Å². The van der Waals surface area contributed by atoms with Crippen molar-refractivity contribution in [2.24, 2.45) is 5.73 Å². The second-order valence-corrected chi connectivity index (χ2v) is 5.00. The molecule has 4 heteroatoms. The van der Waals surface area contributed by atoms with Crippen LogP contribution in [0.1, 0.15) is 52.8 Å². The molecule has 2 rings (SSSR count). The fourth-order valence-electron chi connectivity index (χ4n) is 2.41. The van der Waals surface area contributed by atoms with Gasteiger partial charge in [-0.3, -0.25) is 9.59 Å². The summed E-state index contributed by atoms with van der Waals surface area (Å²) in [5.41, 5.74) is 6.25. The van der Waals surface area contributed by atoms with Crippen molar-refractivity contribution in [1.29, 1.82) is 0 Å². The molecule has 0 saturated carbocycles. The summed E-state index contributed by atoms with van der Waals surface area (Å²) < 4.78 is 0. The summed E-state index contributed by atoms with van der Waals surface area (Å²) in [6, 6.07) is 6.58. The van der Waals surface area contributed by atoms with E-state index in [0.29, 0.717) is 11.1 Å². The van der Waals surface area contributed by atoms with Crippen molar-refractivity contribution in [3.05, 3.63) is 35.4 Å². The predicted octanol–water partition coefficient (Wildman–Crippen LogP) is 2.19. The van der Waals surface area contributed by atoms with Crippen molar-refractivity contribution in [3.63, 3.8) is 0 Å². The van der Waals surface area contributed by atoms with E-state index >= 15 is 0 Å². The molecular formula is C15H20N2O2. The fourth-order valence-corrected chi connectivity index (χ4v) is 2.41. The molecule has 0 spiro atoms. The number of carbonyl (C=O) groups excluding carboxylic acids is 2. The first-order valence-corrected chi connectivity index (χ1v) is 6.87. The Bertz CT molecular complexity index is 446. The van der Waals surface area contributed by atoms with E-state index in [4.69, 9.17) is 5.73 Å². The first-order valence-electron chi connectivity index (χ1n) is 6.87. The number of amides is 2. The number of nitrogens with zero attached hydrogens (tertiary/aromatic N) is 1. The number of carbonyl (C=O) groups is 2. The van der Waals surface area contributed by atoms with Gasteiger partial charge in [0.1, 0.15) is 0 Å². The number of likely N-dealkylation sites (tertiary alicyclic amines) is 1. The Morgan fingerprint density at radius 3 is 1.84 bits per heavy atom. The average molecular weight is 260 g/mol. The van der Waals surface area contributed by atoms with Gasteiger partial charge in [0, 0.05) is 24.2 Å². The van der Waals surface area contributed by atoms with E-state index in [-0.39, 0.29) is 5.91 Å². The maximum Gasteiger partial charge on any atom is 0.253 e. The zero-order valence-electron chi connectivity index (χ0n) is 11.1. The molecule has 19 heavy (non-hydrogen) atoms. The van der Waals surface area contributed by atoms with Gasteiger partial charge in [0.15, 0.2) is 0 Å². The van der Waals surface area contributed by atoms with Crippen LogP contribution in [0.5, 0.6) is 0 Å². The van der Waals surface area contributed by atoms with Crippen LogP contribution in [0.15, 0.2) is 24.3 Å². The Hall–Kier alpha value is -1.84. The normalized spacial score (nSPS) is 16.5. The summed E-state index contributed by atoms with van der Waals surface area (Å²) in [6.45, 7) is 1.66. The molecule has 2 amide bonds. The molecule has 1 aromatic carbocycles. The van der Waals surface area contributed by atoms with E-state index in [1.54, 1.807) is 24.3 Å². The largest absolute Gasteiger partial charge is 0.366 e. The van der Waals surface area contributed by atoms with E-state index in [0.717, 1.165) is 25.9 Å². The third-order valence-electron chi connectivity index (χ3n) is 3.56. The van der Waals surface area contributed by atoms with Crippen LogP contribution in [-0.4, -0.2) is 29.8 Å². The van der Waals surface area contributed by atoms with Gasteiger partial charge in [-0.1, -0.05) is 19.3 Å². The lowest BCUT2D eigenvalue weighted by atomic mass is 10.1. The Morgan fingerprint density at radius 1 is 0.842 bits per heavy atom. The highest BCUT2D eigenvalue weighted by Crippen LogP contribution is 2.14. The molecule has 1 aromatic rings. The molecule has 4 nitrogen and oxygen atoms in total. The van der Waals surface area contributed by atoms with E-state index in [2.05, 4.69) is 0 Å². The summed E-state index contributed by atoms with van der Waals surface area (Å²) in [7, 11) is 0. The van der Waals surface area contributed by atoms with E-state index < -0.39 is 5.91 Å². The van der Waals surface area contributed by atoms with E-state index in [1.807, 2.05) is 4.90 Å². The minimum Gasteiger partial charge on any atom is -0.366 e. The number of primary amides is 1.